The van der Waals surface area contributed by atoms with Crippen molar-refractivity contribution in [2.75, 3.05) is 11.9 Å². The summed E-state index contributed by atoms with van der Waals surface area (Å²) in [6.45, 7) is 5.27. The van der Waals surface area contributed by atoms with Crippen molar-refractivity contribution >= 4 is 11.6 Å². The lowest BCUT2D eigenvalue weighted by Crippen LogP contribution is -2.03. The first-order valence-electron chi connectivity index (χ1n) is 7.37. The molecule has 0 aliphatic rings. The van der Waals surface area contributed by atoms with Crippen molar-refractivity contribution in [1.82, 2.24) is 14.6 Å². The SMILES string of the molecule is CCCCCCCCNc1nc2c(C)cccn2n1. The Hall–Kier alpha value is -1.58. The molecule has 2 heterocycles. The van der Waals surface area contributed by atoms with Gasteiger partial charge in [-0.2, -0.15) is 4.98 Å². The van der Waals surface area contributed by atoms with Crippen LogP contribution in [0.1, 0.15) is 51.0 Å². The normalized spacial score (nSPS) is 11.1. The van der Waals surface area contributed by atoms with Crippen LogP contribution in [0.15, 0.2) is 18.3 Å². The fourth-order valence-electron chi connectivity index (χ4n) is 2.22. The minimum atomic E-state index is 0.739. The molecule has 19 heavy (non-hydrogen) atoms. The summed E-state index contributed by atoms with van der Waals surface area (Å²) in [4.78, 5) is 4.50. The van der Waals surface area contributed by atoms with Crippen molar-refractivity contribution in [3.63, 3.8) is 0 Å². The molecule has 2 aromatic rings. The van der Waals surface area contributed by atoms with Crippen molar-refractivity contribution in [1.29, 1.82) is 0 Å². The minimum absolute atomic E-state index is 0.739. The van der Waals surface area contributed by atoms with Crippen LogP contribution in [0, 0.1) is 6.92 Å². The second-order valence-electron chi connectivity index (χ2n) is 5.09. The smallest absolute Gasteiger partial charge is 0.243 e. The highest BCUT2D eigenvalue weighted by Crippen LogP contribution is 2.10. The lowest BCUT2D eigenvalue weighted by molar-refractivity contribution is 0.616. The minimum Gasteiger partial charge on any atom is -0.353 e. The highest BCUT2D eigenvalue weighted by molar-refractivity contribution is 5.49. The van der Waals surface area contributed by atoms with Crippen molar-refractivity contribution in [2.24, 2.45) is 0 Å². The third-order valence-electron chi connectivity index (χ3n) is 3.37. The lowest BCUT2D eigenvalue weighted by atomic mass is 10.1. The zero-order valence-corrected chi connectivity index (χ0v) is 12.0. The number of aryl methyl sites for hydroxylation is 1. The van der Waals surface area contributed by atoms with Gasteiger partial charge in [-0.3, -0.25) is 0 Å². The van der Waals surface area contributed by atoms with Crippen LogP contribution in [0.5, 0.6) is 0 Å². The van der Waals surface area contributed by atoms with Gasteiger partial charge in [-0.15, -0.1) is 5.10 Å². The van der Waals surface area contributed by atoms with Crippen LogP contribution < -0.4 is 5.32 Å². The Balaban J connectivity index is 1.74. The third kappa shape index (κ3) is 3.94. The van der Waals surface area contributed by atoms with E-state index in [2.05, 4.69) is 35.3 Å². The largest absolute Gasteiger partial charge is 0.353 e. The first-order valence-corrected chi connectivity index (χ1v) is 7.37. The molecule has 0 bridgehead atoms. The zero-order valence-electron chi connectivity index (χ0n) is 12.0. The molecule has 2 rings (SSSR count). The van der Waals surface area contributed by atoms with Gasteiger partial charge in [0.2, 0.25) is 5.95 Å². The van der Waals surface area contributed by atoms with Gasteiger partial charge in [0, 0.05) is 12.7 Å². The number of fused-ring (bicyclic) bond motifs is 1. The average molecular weight is 260 g/mol. The number of unbranched alkanes of at least 4 members (excludes halogenated alkanes) is 5. The topological polar surface area (TPSA) is 42.2 Å². The highest BCUT2D eigenvalue weighted by Gasteiger charge is 2.04. The summed E-state index contributed by atoms with van der Waals surface area (Å²) in [6, 6.07) is 4.05. The Morgan fingerprint density at radius 3 is 2.74 bits per heavy atom. The molecule has 0 aliphatic carbocycles. The van der Waals surface area contributed by atoms with Crippen molar-refractivity contribution in [3.05, 3.63) is 23.9 Å². The van der Waals surface area contributed by atoms with E-state index in [1.165, 1.54) is 38.5 Å². The van der Waals surface area contributed by atoms with Gasteiger partial charge in [0.1, 0.15) is 0 Å². The number of rotatable bonds is 8. The molecule has 0 spiro atoms. The number of pyridine rings is 1. The molecular formula is C15H24N4. The molecule has 0 aromatic carbocycles. The number of aromatic nitrogens is 3. The number of hydrogen-bond donors (Lipinski definition) is 1. The maximum Gasteiger partial charge on any atom is 0.243 e. The lowest BCUT2D eigenvalue weighted by Gasteiger charge is -2.01. The molecule has 0 aliphatic heterocycles. The second kappa shape index (κ2) is 7.12. The van der Waals surface area contributed by atoms with E-state index in [-0.39, 0.29) is 0 Å². The van der Waals surface area contributed by atoms with Crippen LogP contribution in [-0.4, -0.2) is 21.1 Å². The number of anilines is 1. The van der Waals surface area contributed by atoms with E-state index in [0.29, 0.717) is 0 Å². The van der Waals surface area contributed by atoms with E-state index in [9.17, 15) is 0 Å². The number of nitrogens with zero attached hydrogens (tertiary/aromatic N) is 3. The van der Waals surface area contributed by atoms with Gasteiger partial charge >= 0.3 is 0 Å². The van der Waals surface area contributed by atoms with Crippen LogP contribution in [0.4, 0.5) is 5.95 Å². The van der Waals surface area contributed by atoms with Gasteiger partial charge in [-0.05, 0) is 25.0 Å². The Morgan fingerprint density at radius 1 is 1.16 bits per heavy atom. The molecule has 0 unspecified atom stereocenters. The molecule has 0 radical (unpaired) electrons. The standard InChI is InChI=1S/C15H24N4/c1-3-4-5-6-7-8-11-16-15-17-14-13(2)10-9-12-19(14)18-15/h9-10,12H,3-8,11H2,1-2H3,(H,16,18). The average Bonchev–Trinajstić information content (AvgIpc) is 2.82. The molecule has 1 N–H and O–H groups in total. The molecule has 4 nitrogen and oxygen atoms in total. The first kappa shape index (κ1) is 13.8. The summed E-state index contributed by atoms with van der Waals surface area (Å²) >= 11 is 0. The van der Waals surface area contributed by atoms with Crippen molar-refractivity contribution < 1.29 is 0 Å². The molecule has 104 valence electrons. The van der Waals surface area contributed by atoms with Crippen LogP contribution in [0.3, 0.4) is 0 Å². The Labute approximate surface area is 115 Å². The van der Waals surface area contributed by atoms with Crippen molar-refractivity contribution in [2.45, 2.75) is 52.4 Å². The van der Waals surface area contributed by atoms with Crippen LogP contribution in [0.2, 0.25) is 0 Å². The second-order valence-corrected chi connectivity index (χ2v) is 5.09. The molecule has 0 fully saturated rings. The number of hydrogen-bond acceptors (Lipinski definition) is 3. The Kier molecular flexibility index (Phi) is 5.19. The summed E-state index contributed by atoms with van der Waals surface area (Å²) in [6.07, 6.45) is 9.79. The Bertz CT molecular complexity index is 504. The molecule has 0 atom stereocenters. The maximum atomic E-state index is 4.50. The third-order valence-corrected chi connectivity index (χ3v) is 3.37. The van der Waals surface area contributed by atoms with Crippen LogP contribution in [-0.2, 0) is 0 Å². The van der Waals surface area contributed by atoms with Gasteiger partial charge in [-0.1, -0.05) is 45.1 Å². The first-order chi connectivity index (χ1) is 9.31. The maximum absolute atomic E-state index is 4.50. The molecule has 2 aromatic heterocycles. The Morgan fingerprint density at radius 2 is 1.95 bits per heavy atom. The van der Waals surface area contributed by atoms with Gasteiger partial charge in [0.05, 0.1) is 0 Å². The molecular weight excluding hydrogens is 236 g/mol. The summed E-state index contributed by atoms with van der Waals surface area (Å²) in [7, 11) is 0. The van der Waals surface area contributed by atoms with Crippen molar-refractivity contribution in [3.8, 4) is 0 Å². The van der Waals surface area contributed by atoms with Gasteiger partial charge in [-0.25, -0.2) is 4.52 Å². The predicted molar refractivity (Wildman–Crippen MR) is 79.6 cm³/mol. The van der Waals surface area contributed by atoms with E-state index in [1.54, 1.807) is 0 Å². The molecule has 0 saturated heterocycles. The van der Waals surface area contributed by atoms with Gasteiger partial charge in [0.25, 0.3) is 0 Å². The summed E-state index contributed by atoms with van der Waals surface area (Å²) in [5.74, 6) is 0.739. The van der Waals surface area contributed by atoms with E-state index < -0.39 is 0 Å². The van der Waals surface area contributed by atoms with E-state index in [1.807, 2.05) is 16.8 Å². The zero-order chi connectivity index (χ0) is 13.5. The fourth-order valence-corrected chi connectivity index (χ4v) is 2.22. The summed E-state index contributed by atoms with van der Waals surface area (Å²) in [5, 5.41) is 7.72. The monoisotopic (exact) mass is 260 g/mol. The van der Waals surface area contributed by atoms with Gasteiger partial charge < -0.3 is 5.32 Å². The fraction of sp³-hybridized carbons (Fsp3) is 0.600. The summed E-state index contributed by atoms with van der Waals surface area (Å²) < 4.78 is 1.83. The molecule has 4 heteroatoms. The van der Waals surface area contributed by atoms with E-state index in [0.717, 1.165) is 23.7 Å². The summed E-state index contributed by atoms with van der Waals surface area (Å²) in [5.41, 5.74) is 2.09. The number of nitrogens with one attached hydrogen (secondary N) is 1. The predicted octanol–water partition coefficient (Wildman–Crippen LogP) is 3.81. The molecule has 0 amide bonds. The molecule has 0 saturated carbocycles. The van der Waals surface area contributed by atoms with E-state index >= 15 is 0 Å². The van der Waals surface area contributed by atoms with Crippen LogP contribution in [0.25, 0.3) is 5.65 Å². The quantitative estimate of drug-likeness (QED) is 0.734. The van der Waals surface area contributed by atoms with Gasteiger partial charge in [0.15, 0.2) is 5.65 Å². The van der Waals surface area contributed by atoms with Crippen LogP contribution >= 0.6 is 0 Å². The highest BCUT2D eigenvalue weighted by atomic mass is 15.3. The van der Waals surface area contributed by atoms with E-state index in [4.69, 9.17) is 0 Å².